The average molecular weight is 406 g/mol. The quantitative estimate of drug-likeness (QED) is 0.740. The van der Waals surface area contributed by atoms with Crippen LogP contribution in [0.1, 0.15) is 45.9 Å². The van der Waals surface area contributed by atoms with Gasteiger partial charge in [0, 0.05) is 35.1 Å². The number of hydrogen-bond donors (Lipinski definition) is 0. The summed E-state index contributed by atoms with van der Waals surface area (Å²) in [6, 6.07) is 6.20. The minimum atomic E-state index is -0.458. The van der Waals surface area contributed by atoms with E-state index >= 15 is 0 Å². The van der Waals surface area contributed by atoms with Crippen molar-refractivity contribution in [1.29, 1.82) is 0 Å². The molecule has 1 saturated heterocycles. The van der Waals surface area contributed by atoms with Crippen molar-refractivity contribution in [2.24, 2.45) is 0 Å². The van der Waals surface area contributed by atoms with Crippen LogP contribution in [0.3, 0.4) is 0 Å². The maximum Gasteiger partial charge on any atom is 0.410 e. The number of benzene rings is 1. The highest BCUT2D eigenvalue weighted by Crippen LogP contribution is 2.24. The number of nitrogens with zero attached hydrogens (tertiary/aromatic N) is 3. The van der Waals surface area contributed by atoms with Crippen molar-refractivity contribution in [3.63, 3.8) is 0 Å². The summed E-state index contributed by atoms with van der Waals surface area (Å²) in [7, 11) is 0. The Balaban J connectivity index is 1.64. The number of ether oxygens (including phenoxy) is 1. The van der Waals surface area contributed by atoms with Gasteiger partial charge in [-0.1, -0.05) is 15.9 Å². The predicted octanol–water partition coefficient (Wildman–Crippen LogP) is 4.72. The molecule has 0 saturated carbocycles. The monoisotopic (exact) mass is 405 g/mol. The highest BCUT2D eigenvalue weighted by atomic mass is 79.9. The minimum Gasteiger partial charge on any atom is -0.444 e. The molecule has 3 rings (SSSR count). The molecule has 0 bridgehead atoms. The summed E-state index contributed by atoms with van der Waals surface area (Å²) < 4.78 is 6.55. The molecular weight excluding hydrogens is 382 g/mol. The van der Waals surface area contributed by atoms with E-state index in [0.29, 0.717) is 0 Å². The fourth-order valence-corrected chi connectivity index (χ4v) is 3.53. The van der Waals surface area contributed by atoms with Gasteiger partial charge in [-0.15, -0.1) is 0 Å². The molecule has 1 aromatic heterocycles. The van der Waals surface area contributed by atoms with Gasteiger partial charge in [0.25, 0.3) is 0 Å². The second kappa shape index (κ2) is 7.28. The zero-order valence-electron chi connectivity index (χ0n) is 15.0. The minimum absolute atomic E-state index is 0.207. The number of halogens is 1. The molecule has 0 radical (unpaired) electrons. The van der Waals surface area contributed by atoms with Gasteiger partial charge >= 0.3 is 6.09 Å². The lowest BCUT2D eigenvalue weighted by Gasteiger charge is -2.28. The van der Waals surface area contributed by atoms with Crippen molar-refractivity contribution in [2.45, 2.75) is 58.1 Å². The lowest BCUT2D eigenvalue weighted by Crippen LogP contribution is -2.40. The van der Waals surface area contributed by atoms with Crippen molar-refractivity contribution in [3.8, 4) is 0 Å². The second-order valence-corrected chi connectivity index (χ2v) is 8.41. The van der Waals surface area contributed by atoms with Gasteiger partial charge in [-0.05, 0) is 58.2 Å². The summed E-state index contributed by atoms with van der Waals surface area (Å²) in [6.45, 7) is 6.47. The second-order valence-electron chi connectivity index (χ2n) is 7.50. The molecule has 2 aromatic rings. The number of carbonyl (C=O) groups is 1. The Bertz CT molecular complexity index is 773. The molecule has 0 spiro atoms. The molecule has 1 atom stereocenters. The molecule has 0 aliphatic carbocycles. The highest BCUT2D eigenvalue weighted by molar-refractivity contribution is 9.10. The molecule has 6 heteroatoms. The largest absolute Gasteiger partial charge is 0.444 e. The van der Waals surface area contributed by atoms with Gasteiger partial charge in [0.15, 0.2) is 0 Å². The van der Waals surface area contributed by atoms with E-state index in [9.17, 15) is 4.79 Å². The third-order valence-corrected chi connectivity index (χ3v) is 4.79. The first-order valence-electron chi connectivity index (χ1n) is 8.73. The molecule has 1 aliphatic rings. The van der Waals surface area contributed by atoms with Crippen LogP contribution in [0.2, 0.25) is 0 Å². The van der Waals surface area contributed by atoms with Gasteiger partial charge < -0.3 is 9.64 Å². The van der Waals surface area contributed by atoms with Crippen LogP contribution in [-0.2, 0) is 11.2 Å². The molecule has 1 amide bonds. The first-order chi connectivity index (χ1) is 11.8. The number of aromatic nitrogens is 2. The van der Waals surface area contributed by atoms with Crippen molar-refractivity contribution >= 4 is 32.9 Å². The van der Waals surface area contributed by atoms with Gasteiger partial charge in [0.05, 0.1) is 5.52 Å². The summed E-state index contributed by atoms with van der Waals surface area (Å²) in [5.74, 6) is 0.825. The summed E-state index contributed by atoms with van der Waals surface area (Å²) in [5.41, 5.74) is 0.489. The molecule has 1 unspecified atom stereocenters. The van der Waals surface area contributed by atoms with E-state index in [1.807, 2.05) is 50.1 Å². The van der Waals surface area contributed by atoms with Crippen LogP contribution in [-0.4, -0.2) is 39.1 Å². The Morgan fingerprint density at radius 2 is 2.20 bits per heavy atom. The molecule has 134 valence electrons. The van der Waals surface area contributed by atoms with Crippen LogP contribution in [0.25, 0.3) is 10.9 Å². The van der Waals surface area contributed by atoms with Crippen LogP contribution in [0.5, 0.6) is 0 Å². The van der Waals surface area contributed by atoms with Crippen molar-refractivity contribution in [1.82, 2.24) is 14.9 Å². The Labute approximate surface area is 156 Å². The van der Waals surface area contributed by atoms with E-state index in [2.05, 4.69) is 25.9 Å². The van der Waals surface area contributed by atoms with Crippen molar-refractivity contribution in [2.75, 3.05) is 6.54 Å². The van der Waals surface area contributed by atoms with Gasteiger partial charge in [0.1, 0.15) is 11.4 Å². The van der Waals surface area contributed by atoms with E-state index in [0.717, 1.165) is 53.4 Å². The Hall–Kier alpha value is -1.69. The Morgan fingerprint density at radius 3 is 2.96 bits per heavy atom. The maximum atomic E-state index is 12.4. The molecule has 25 heavy (non-hydrogen) atoms. The molecular formula is C19H24BrN3O2. The Morgan fingerprint density at radius 1 is 1.40 bits per heavy atom. The molecule has 1 fully saturated rings. The zero-order valence-corrected chi connectivity index (χ0v) is 16.5. The van der Waals surface area contributed by atoms with E-state index in [-0.39, 0.29) is 12.1 Å². The number of carbonyl (C=O) groups excluding carboxylic acids is 1. The summed E-state index contributed by atoms with van der Waals surface area (Å²) in [5, 5.41) is 1.02. The fourth-order valence-electron chi connectivity index (χ4n) is 3.16. The van der Waals surface area contributed by atoms with Gasteiger partial charge in [-0.2, -0.15) is 0 Å². The standard InChI is InChI=1S/C19H24BrN3O2/c1-19(2,3)25-18(24)23-10-4-5-15(23)7-9-17-21-12-13-11-14(20)6-8-16(13)22-17/h6,8,11-12,15H,4-5,7,9-10H2,1-3H3. The zero-order chi connectivity index (χ0) is 18.0. The van der Waals surface area contributed by atoms with Crippen molar-refractivity contribution in [3.05, 3.63) is 34.7 Å². The SMILES string of the molecule is CC(C)(C)OC(=O)N1CCCC1CCc1ncc2cc(Br)ccc2n1. The summed E-state index contributed by atoms with van der Waals surface area (Å²) >= 11 is 3.46. The molecule has 0 N–H and O–H groups in total. The average Bonchev–Trinajstić information content (AvgIpc) is 3.00. The lowest BCUT2D eigenvalue weighted by atomic mass is 10.1. The van der Waals surface area contributed by atoms with Crippen LogP contribution >= 0.6 is 15.9 Å². The van der Waals surface area contributed by atoms with Gasteiger partial charge in [-0.3, -0.25) is 0 Å². The predicted molar refractivity (Wildman–Crippen MR) is 102 cm³/mol. The molecule has 1 aliphatic heterocycles. The maximum absolute atomic E-state index is 12.4. The molecule has 1 aromatic carbocycles. The normalized spacial score (nSPS) is 17.9. The number of amides is 1. The lowest BCUT2D eigenvalue weighted by molar-refractivity contribution is 0.0220. The first-order valence-corrected chi connectivity index (χ1v) is 9.52. The van der Waals surface area contributed by atoms with Crippen molar-refractivity contribution < 1.29 is 9.53 Å². The first kappa shape index (κ1) is 18.1. The number of hydrogen-bond acceptors (Lipinski definition) is 4. The van der Waals surface area contributed by atoms with E-state index in [4.69, 9.17) is 4.74 Å². The third kappa shape index (κ3) is 4.69. The van der Waals surface area contributed by atoms with E-state index in [1.165, 1.54) is 0 Å². The third-order valence-electron chi connectivity index (χ3n) is 4.30. The number of fused-ring (bicyclic) bond motifs is 1. The summed E-state index contributed by atoms with van der Waals surface area (Å²) in [6.07, 6.45) is 5.32. The number of likely N-dealkylation sites (tertiary alicyclic amines) is 1. The van der Waals surface area contributed by atoms with Crippen LogP contribution in [0, 0.1) is 0 Å². The van der Waals surface area contributed by atoms with Gasteiger partial charge in [-0.25, -0.2) is 14.8 Å². The summed E-state index contributed by atoms with van der Waals surface area (Å²) in [4.78, 5) is 23.3. The van der Waals surface area contributed by atoms with Gasteiger partial charge in [0.2, 0.25) is 0 Å². The fraction of sp³-hybridized carbons (Fsp3) is 0.526. The number of rotatable bonds is 3. The van der Waals surface area contributed by atoms with Crippen LogP contribution in [0.15, 0.2) is 28.9 Å². The molecule has 2 heterocycles. The van der Waals surface area contributed by atoms with E-state index < -0.39 is 5.60 Å². The van der Waals surface area contributed by atoms with E-state index in [1.54, 1.807) is 0 Å². The highest BCUT2D eigenvalue weighted by Gasteiger charge is 2.31. The smallest absolute Gasteiger partial charge is 0.410 e. The number of aryl methyl sites for hydroxylation is 1. The Kier molecular flexibility index (Phi) is 5.27. The topological polar surface area (TPSA) is 55.3 Å². The van der Waals surface area contributed by atoms with Crippen LogP contribution < -0.4 is 0 Å². The van der Waals surface area contributed by atoms with Crippen LogP contribution in [0.4, 0.5) is 4.79 Å². The molecule has 5 nitrogen and oxygen atoms in total.